The SMILES string of the molecule is CN1CCN(c2ccc([N+](=O)[O-])cc2C=Nc2ccc(N3CCCCC3)c(S(=O)(=O)N(C)C)c2)CC1. The first kappa shape index (κ1) is 26.1. The van der Waals surface area contributed by atoms with Crippen LogP contribution in [0.3, 0.4) is 0 Å². The number of nitro groups is 1. The van der Waals surface area contributed by atoms with Gasteiger partial charge >= 0.3 is 0 Å². The molecule has 0 bridgehead atoms. The van der Waals surface area contributed by atoms with Gasteiger partial charge in [-0.2, -0.15) is 0 Å². The van der Waals surface area contributed by atoms with Crippen molar-refractivity contribution in [1.82, 2.24) is 9.21 Å². The van der Waals surface area contributed by atoms with Crippen molar-refractivity contribution in [2.45, 2.75) is 24.2 Å². The van der Waals surface area contributed by atoms with Crippen LogP contribution in [0.1, 0.15) is 24.8 Å². The fraction of sp³-hybridized carbons (Fsp3) is 0.480. The van der Waals surface area contributed by atoms with Crippen molar-refractivity contribution in [2.75, 3.05) is 70.2 Å². The van der Waals surface area contributed by atoms with Gasteiger partial charge < -0.3 is 14.7 Å². The number of piperidine rings is 1. The van der Waals surface area contributed by atoms with Crippen LogP contribution in [-0.2, 0) is 10.0 Å². The normalized spacial score (nSPS) is 17.8. The van der Waals surface area contributed by atoms with Crippen LogP contribution >= 0.6 is 0 Å². The number of hydrogen-bond acceptors (Lipinski definition) is 8. The molecule has 2 aromatic carbocycles. The summed E-state index contributed by atoms with van der Waals surface area (Å²) in [5.41, 5.74) is 2.67. The molecule has 0 aromatic heterocycles. The molecule has 0 amide bonds. The average molecular weight is 515 g/mol. The Morgan fingerprint density at radius 1 is 0.917 bits per heavy atom. The molecule has 0 atom stereocenters. The van der Waals surface area contributed by atoms with Crippen LogP contribution in [0.15, 0.2) is 46.3 Å². The number of anilines is 2. The van der Waals surface area contributed by atoms with E-state index in [1.54, 1.807) is 18.3 Å². The van der Waals surface area contributed by atoms with Crippen LogP contribution in [0.25, 0.3) is 0 Å². The van der Waals surface area contributed by atoms with Gasteiger partial charge in [-0.3, -0.25) is 15.1 Å². The summed E-state index contributed by atoms with van der Waals surface area (Å²) in [5.74, 6) is 0. The Morgan fingerprint density at radius 3 is 2.19 bits per heavy atom. The summed E-state index contributed by atoms with van der Waals surface area (Å²) < 4.78 is 27.6. The lowest BCUT2D eigenvalue weighted by Gasteiger charge is -2.34. The third kappa shape index (κ3) is 5.69. The molecule has 36 heavy (non-hydrogen) atoms. The lowest BCUT2D eigenvalue weighted by Crippen LogP contribution is -2.44. The number of nitrogens with zero attached hydrogens (tertiary/aromatic N) is 6. The topological polar surface area (TPSA) is 103 Å². The van der Waals surface area contributed by atoms with Crippen molar-refractivity contribution in [1.29, 1.82) is 0 Å². The molecule has 2 heterocycles. The smallest absolute Gasteiger partial charge is 0.270 e. The van der Waals surface area contributed by atoms with Crippen LogP contribution < -0.4 is 9.80 Å². The number of likely N-dealkylation sites (N-methyl/N-ethyl adjacent to an activating group) is 1. The minimum Gasteiger partial charge on any atom is -0.370 e. The fourth-order valence-corrected chi connectivity index (χ4v) is 5.75. The second kappa shape index (κ2) is 10.9. The molecule has 194 valence electrons. The quantitative estimate of drug-likeness (QED) is 0.317. The van der Waals surface area contributed by atoms with E-state index in [0.29, 0.717) is 16.9 Å². The lowest BCUT2D eigenvalue weighted by molar-refractivity contribution is -0.384. The molecule has 0 radical (unpaired) electrons. The molecule has 2 fully saturated rings. The molecule has 0 unspecified atom stereocenters. The van der Waals surface area contributed by atoms with Crippen molar-refractivity contribution < 1.29 is 13.3 Å². The van der Waals surface area contributed by atoms with Crippen LogP contribution in [0.2, 0.25) is 0 Å². The second-order valence-corrected chi connectivity index (χ2v) is 11.7. The van der Waals surface area contributed by atoms with E-state index in [2.05, 4.69) is 26.7 Å². The van der Waals surface area contributed by atoms with Crippen molar-refractivity contribution in [3.63, 3.8) is 0 Å². The van der Waals surface area contributed by atoms with Crippen molar-refractivity contribution in [3.8, 4) is 0 Å². The van der Waals surface area contributed by atoms with Gasteiger partial charge in [0.05, 0.1) is 16.3 Å². The molecule has 10 nitrogen and oxygen atoms in total. The molecule has 0 aliphatic carbocycles. The number of piperazine rings is 1. The summed E-state index contributed by atoms with van der Waals surface area (Å²) in [6.07, 6.45) is 4.81. The highest BCUT2D eigenvalue weighted by Crippen LogP contribution is 2.33. The predicted octanol–water partition coefficient (Wildman–Crippen LogP) is 3.34. The maximum atomic E-state index is 13.2. The highest BCUT2D eigenvalue weighted by Gasteiger charge is 2.26. The third-order valence-corrected chi connectivity index (χ3v) is 8.66. The molecule has 2 aliphatic heterocycles. The van der Waals surface area contributed by atoms with Gasteiger partial charge in [0.25, 0.3) is 5.69 Å². The van der Waals surface area contributed by atoms with Crippen LogP contribution in [0, 0.1) is 10.1 Å². The summed E-state index contributed by atoms with van der Waals surface area (Å²) >= 11 is 0. The lowest BCUT2D eigenvalue weighted by atomic mass is 10.1. The monoisotopic (exact) mass is 514 g/mol. The van der Waals surface area contributed by atoms with E-state index in [9.17, 15) is 18.5 Å². The van der Waals surface area contributed by atoms with Gasteiger partial charge in [0.2, 0.25) is 10.0 Å². The molecule has 4 rings (SSSR count). The Bertz CT molecular complexity index is 1230. The number of hydrogen-bond donors (Lipinski definition) is 0. The number of rotatable bonds is 7. The fourth-order valence-electron chi connectivity index (χ4n) is 4.62. The Morgan fingerprint density at radius 2 is 1.56 bits per heavy atom. The first-order valence-electron chi connectivity index (χ1n) is 12.2. The van der Waals surface area contributed by atoms with Crippen molar-refractivity contribution >= 4 is 39.0 Å². The predicted molar refractivity (Wildman–Crippen MR) is 143 cm³/mol. The van der Waals surface area contributed by atoms with Crippen LogP contribution in [0.4, 0.5) is 22.7 Å². The van der Waals surface area contributed by atoms with Gasteiger partial charge in [0, 0.05) is 83.0 Å². The zero-order valence-electron chi connectivity index (χ0n) is 21.1. The minimum atomic E-state index is -3.70. The van der Waals surface area contributed by atoms with Gasteiger partial charge in [-0.25, -0.2) is 12.7 Å². The maximum absolute atomic E-state index is 13.2. The molecule has 2 aromatic rings. The van der Waals surface area contributed by atoms with E-state index in [4.69, 9.17) is 0 Å². The average Bonchev–Trinajstić information content (AvgIpc) is 2.88. The molecular formula is C25H34N6O4S. The Hall–Kier alpha value is -3.02. The Labute approximate surface area is 213 Å². The summed E-state index contributed by atoms with van der Waals surface area (Å²) in [6.45, 7) is 5.06. The van der Waals surface area contributed by atoms with E-state index in [1.807, 2.05) is 12.1 Å². The molecule has 0 spiro atoms. The summed E-state index contributed by atoms with van der Waals surface area (Å²) in [4.78, 5) is 22.4. The first-order chi connectivity index (χ1) is 17.2. The van der Waals surface area contributed by atoms with E-state index >= 15 is 0 Å². The van der Waals surface area contributed by atoms with E-state index in [1.165, 1.54) is 30.5 Å². The van der Waals surface area contributed by atoms with Gasteiger partial charge in [-0.05, 0) is 50.6 Å². The number of aliphatic imine (C=N–C) groups is 1. The Balaban J connectivity index is 1.72. The third-order valence-electron chi connectivity index (χ3n) is 6.82. The van der Waals surface area contributed by atoms with Gasteiger partial charge in [-0.15, -0.1) is 0 Å². The minimum absolute atomic E-state index is 0.00866. The van der Waals surface area contributed by atoms with Crippen molar-refractivity contribution in [3.05, 3.63) is 52.1 Å². The van der Waals surface area contributed by atoms with E-state index in [0.717, 1.165) is 64.2 Å². The highest BCUT2D eigenvalue weighted by molar-refractivity contribution is 7.89. The number of non-ortho nitro benzene ring substituents is 1. The van der Waals surface area contributed by atoms with Gasteiger partial charge in [0.15, 0.2) is 0 Å². The number of nitro benzene ring substituents is 1. The zero-order chi connectivity index (χ0) is 25.9. The maximum Gasteiger partial charge on any atom is 0.270 e. The summed E-state index contributed by atoms with van der Waals surface area (Å²) in [6, 6.07) is 10.0. The first-order valence-corrected chi connectivity index (χ1v) is 13.7. The summed E-state index contributed by atoms with van der Waals surface area (Å²) in [5, 5.41) is 11.4. The standard InChI is InChI=1S/C25H34N6O4S/c1-27(2)36(34,35)25-18-21(7-9-24(25)29-11-5-4-6-12-29)26-19-20-17-22(31(32)33)8-10-23(20)30-15-13-28(3)14-16-30/h7-10,17-19H,4-6,11-16H2,1-3H3. The molecule has 0 N–H and O–H groups in total. The van der Waals surface area contributed by atoms with Gasteiger partial charge in [0.1, 0.15) is 4.90 Å². The number of sulfonamides is 1. The molecule has 11 heteroatoms. The second-order valence-electron chi connectivity index (χ2n) is 9.54. The largest absolute Gasteiger partial charge is 0.370 e. The molecule has 2 aliphatic rings. The zero-order valence-corrected chi connectivity index (χ0v) is 21.9. The van der Waals surface area contributed by atoms with E-state index in [-0.39, 0.29) is 10.6 Å². The van der Waals surface area contributed by atoms with E-state index < -0.39 is 14.9 Å². The van der Waals surface area contributed by atoms with Gasteiger partial charge in [-0.1, -0.05) is 0 Å². The number of benzene rings is 2. The molecule has 0 saturated carbocycles. The van der Waals surface area contributed by atoms with Crippen LogP contribution in [-0.4, -0.2) is 89.2 Å². The highest BCUT2D eigenvalue weighted by atomic mass is 32.2. The van der Waals surface area contributed by atoms with Crippen LogP contribution in [0.5, 0.6) is 0 Å². The van der Waals surface area contributed by atoms with Crippen molar-refractivity contribution in [2.24, 2.45) is 4.99 Å². The summed E-state index contributed by atoms with van der Waals surface area (Å²) in [7, 11) is 1.43. The molecule has 2 saturated heterocycles. The Kier molecular flexibility index (Phi) is 7.91. The molecular weight excluding hydrogens is 480 g/mol.